The second-order valence-electron chi connectivity index (χ2n) is 2.64. The van der Waals surface area contributed by atoms with Gasteiger partial charge in [0.15, 0.2) is 6.29 Å². The molecule has 0 aromatic heterocycles. The van der Waals surface area contributed by atoms with E-state index in [1.807, 2.05) is 21.1 Å². The van der Waals surface area contributed by atoms with E-state index in [0.717, 1.165) is 10.8 Å². The van der Waals surface area contributed by atoms with Crippen molar-refractivity contribution < 1.29 is 9.28 Å². The zero-order valence-electron chi connectivity index (χ0n) is 5.14. The normalized spacial score (nSPS) is 8.78. The molecule has 0 aliphatic carbocycles. The Balaban J connectivity index is -0.000000180. The van der Waals surface area contributed by atoms with Gasteiger partial charge in [-0.05, 0) is 0 Å². The van der Waals surface area contributed by atoms with Crippen molar-refractivity contribution in [1.82, 2.24) is 0 Å². The fraction of sp³-hybridized carbons (Fsp3) is 0.857. The van der Waals surface area contributed by atoms with Crippen LogP contribution in [0, 0.1) is 0 Å². The van der Waals surface area contributed by atoms with E-state index >= 15 is 0 Å². The Hall–Kier alpha value is -0.370. The minimum absolute atomic E-state index is 0. The fourth-order valence-electron chi connectivity index (χ4n) is 0.224. The van der Waals surface area contributed by atoms with Crippen molar-refractivity contribution in [3.05, 3.63) is 0 Å². The van der Waals surface area contributed by atoms with E-state index in [1.165, 1.54) is 0 Å². The molecule has 0 atom stereocenters. The number of carbonyl (C=O) groups excluding carboxylic acids is 1. The van der Waals surface area contributed by atoms with E-state index in [9.17, 15) is 4.79 Å². The molecule has 0 aromatic rings. The Labute approximate surface area is 59.1 Å². The molecule has 9 heavy (non-hydrogen) atoms. The van der Waals surface area contributed by atoms with Crippen molar-refractivity contribution in [3.8, 4) is 0 Å². The van der Waals surface area contributed by atoms with Crippen molar-refractivity contribution in [2.45, 2.75) is 14.9 Å². The summed E-state index contributed by atoms with van der Waals surface area (Å²) in [6.45, 7) is 0.597. The van der Waals surface area contributed by atoms with E-state index in [2.05, 4.69) is 0 Å². The first-order valence-electron chi connectivity index (χ1n) is 2.30. The van der Waals surface area contributed by atoms with Crippen LogP contribution >= 0.6 is 0 Å². The smallest absolute Gasteiger partial charge is 0.174 e. The third-order valence-electron chi connectivity index (χ3n) is 0.622. The van der Waals surface area contributed by atoms with Crippen molar-refractivity contribution >= 4 is 6.29 Å². The summed E-state index contributed by atoms with van der Waals surface area (Å²) in [6, 6.07) is 0. The molecule has 0 bridgehead atoms. The van der Waals surface area contributed by atoms with E-state index in [1.54, 1.807) is 0 Å². The van der Waals surface area contributed by atoms with Gasteiger partial charge in [-0.15, -0.1) is 0 Å². The molecule has 0 radical (unpaired) electrons. The molecule has 0 saturated heterocycles. The summed E-state index contributed by atoms with van der Waals surface area (Å²) in [5.74, 6) is 0. The molecule has 0 heterocycles. The summed E-state index contributed by atoms with van der Waals surface area (Å²) < 4.78 is 0.726. The molecule has 58 valence electrons. The van der Waals surface area contributed by atoms with Gasteiger partial charge >= 0.3 is 0 Å². The van der Waals surface area contributed by atoms with Crippen LogP contribution in [0.15, 0.2) is 0 Å². The maximum atomic E-state index is 9.80. The average Bonchev–Trinajstić information content (AvgIpc) is 1.30. The number of aldehydes is 1. The van der Waals surface area contributed by atoms with Crippen LogP contribution in [0.3, 0.4) is 0 Å². The van der Waals surface area contributed by atoms with Crippen LogP contribution in [0.1, 0.15) is 14.9 Å². The topological polar surface area (TPSA) is 17.1 Å². The number of nitrogens with zero attached hydrogens (tertiary/aromatic N) is 1. The maximum absolute atomic E-state index is 9.80. The van der Waals surface area contributed by atoms with Crippen molar-refractivity contribution in [2.75, 3.05) is 27.7 Å². The molecule has 0 amide bonds. The van der Waals surface area contributed by atoms with Gasteiger partial charge in [0.1, 0.15) is 6.54 Å². The number of hydrogen-bond donors (Lipinski definition) is 0. The van der Waals surface area contributed by atoms with Gasteiger partial charge in [-0.2, -0.15) is 0 Å². The fourth-order valence-corrected chi connectivity index (χ4v) is 0.224. The Bertz CT molecular complexity index is 63.8. The summed E-state index contributed by atoms with van der Waals surface area (Å²) in [4.78, 5) is 9.80. The van der Waals surface area contributed by atoms with E-state index in [-0.39, 0.29) is 14.9 Å². The standard InChI is InChI=1S/C5H12NO.2CH4/c1-6(2,3)4-5-7;;/h5H,4H2,1-3H3;2*1H4/q+1;;. The summed E-state index contributed by atoms with van der Waals surface area (Å²) in [5, 5.41) is 0. The Morgan fingerprint density at radius 1 is 1.22 bits per heavy atom. The number of quaternary nitrogens is 1. The van der Waals surface area contributed by atoms with Gasteiger partial charge in [0.2, 0.25) is 0 Å². The predicted octanol–water partition coefficient (Wildman–Crippen LogP) is 1.16. The largest absolute Gasteiger partial charge is 0.325 e. The van der Waals surface area contributed by atoms with Crippen LogP contribution in [0.4, 0.5) is 0 Å². The van der Waals surface area contributed by atoms with Crippen LogP contribution in [-0.2, 0) is 4.79 Å². The van der Waals surface area contributed by atoms with Gasteiger partial charge in [-0.25, -0.2) is 0 Å². The predicted molar refractivity (Wildman–Crippen MR) is 42.4 cm³/mol. The minimum Gasteiger partial charge on any atom is -0.325 e. The highest BCUT2D eigenvalue weighted by atomic mass is 16.1. The molecule has 0 aromatic carbocycles. The van der Waals surface area contributed by atoms with E-state index < -0.39 is 0 Å². The third-order valence-corrected chi connectivity index (χ3v) is 0.622. The quantitative estimate of drug-likeness (QED) is 0.409. The molecule has 0 rings (SSSR count). The second kappa shape index (κ2) is 5.76. The van der Waals surface area contributed by atoms with Crippen LogP contribution in [0.2, 0.25) is 0 Å². The molecule has 2 heteroatoms. The highest BCUT2D eigenvalue weighted by molar-refractivity contribution is 5.50. The average molecular weight is 134 g/mol. The molecular formula is C7H20NO+. The highest BCUT2D eigenvalue weighted by Gasteiger charge is 2.01. The van der Waals surface area contributed by atoms with Gasteiger partial charge < -0.3 is 4.48 Å². The molecule has 0 saturated carbocycles. The first kappa shape index (κ1) is 15.9. The van der Waals surface area contributed by atoms with Crippen molar-refractivity contribution in [2.24, 2.45) is 0 Å². The molecule has 2 nitrogen and oxygen atoms in total. The number of likely N-dealkylation sites (N-methyl/N-ethyl adjacent to an activating group) is 1. The van der Waals surface area contributed by atoms with Crippen LogP contribution in [0.5, 0.6) is 0 Å². The second-order valence-corrected chi connectivity index (χ2v) is 2.64. The number of carbonyl (C=O) groups is 1. The number of rotatable bonds is 2. The Morgan fingerprint density at radius 2 is 1.56 bits per heavy atom. The van der Waals surface area contributed by atoms with E-state index in [0.29, 0.717) is 6.54 Å². The summed E-state index contributed by atoms with van der Waals surface area (Å²) in [7, 11) is 5.94. The molecule has 0 aliphatic heterocycles. The van der Waals surface area contributed by atoms with Gasteiger partial charge in [0, 0.05) is 0 Å². The molecule has 0 fully saturated rings. The van der Waals surface area contributed by atoms with Crippen LogP contribution < -0.4 is 0 Å². The van der Waals surface area contributed by atoms with Gasteiger partial charge in [-0.1, -0.05) is 14.9 Å². The lowest BCUT2D eigenvalue weighted by molar-refractivity contribution is -0.861. The first-order valence-corrected chi connectivity index (χ1v) is 2.30. The maximum Gasteiger partial charge on any atom is 0.174 e. The first-order chi connectivity index (χ1) is 3.06. The molecule has 0 spiro atoms. The lowest BCUT2D eigenvalue weighted by Crippen LogP contribution is -2.35. The lowest BCUT2D eigenvalue weighted by Gasteiger charge is -2.19. The van der Waals surface area contributed by atoms with E-state index in [4.69, 9.17) is 0 Å². The van der Waals surface area contributed by atoms with Crippen LogP contribution in [-0.4, -0.2) is 38.5 Å². The van der Waals surface area contributed by atoms with Crippen LogP contribution in [0.25, 0.3) is 0 Å². The lowest BCUT2D eigenvalue weighted by atomic mass is 10.6. The summed E-state index contributed by atoms with van der Waals surface area (Å²) >= 11 is 0. The van der Waals surface area contributed by atoms with Gasteiger partial charge in [-0.3, -0.25) is 4.79 Å². The zero-order valence-corrected chi connectivity index (χ0v) is 5.14. The summed E-state index contributed by atoms with van der Waals surface area (Å²) in [6.07, 6.45) is 0.931. The molecule has 0 aliphatic rings. The summed E-state index contributed by atoms with van der Waals surface area (Å²) in [5.41, 5.74) is 0. The van der Waals surface area contributed by atoms with Crippen molar-refractivity contribution in [3.63, 3.8) is 0 Å². The molecule has 0 unspecified atom stereocenters. The minimum atomic E-state index is 0. The third kappa shape index (κ3) is 18.4. The van der Waals surface area contributed by atoms with Gasteiger partial charge in [0.25, 0.3) is 0 Å². The highest BCUT2D eigenvalue weighted by Crippen LogP contribution is 1.82. The monoisotopic (exact) mass is 134 g/mol. The van der Waals surface area contributed by atoms with Gasteiger partial charge in [0.05, 0.1) is 21.1 Å². The Morgan fingerprint density at radius 3 is 1.56 bits per heavy atom. The molecule has 0 N–H and O–H groups in total. The molecular weight excluding hydrogens is 114 g/mol. The van der Waals surface area contributed by atoms with Crippen molar-refractivity contribution in [1.29, 1.82) is 0 Å². The number of hydrogen-bond acceptors (Lipinski definition) is 1. The SMILES string of the molecule is C.C.C[N+](C)(C)CC=O. The Kier molecular flexibility index (Phi) is 10.1. The zero-order chi connectivity index (χ0) is 5.91.